The summed E-state index contributed by atoms with van der Waals surface area (Å²) in [6.07, 6.45) is 7.13. The van der Waals surface area contributed by atoms with Gasteiger partial charge in [0.15, 0.2) is 0 Å². The van der Waals surface area contributed by atoms with Crippen LogP contribution in [0.15, 0.2) is 24.5 Å². The smallest absolute Gasteiger partial charge is 0.304 e. The molecule has 0 saturated carbocycles. The van der Waals surface area contributed by atoms with Crippen molar-refractivity contribution in [3.8, 4) is 0 Å². The second-order valence-electron chi connectivity index (χ2n) is 4.57. The fourth-order valence-electron chi connectivity index (χ4n) is 2.42. The Bertz CT molecular complexity index is 367. The molecule has 1 N–H and O–H groups in total. The van der Waals surface area contributed by atoms with Crippen LogP contribution >= 0.6 is 0 Å². The van der Waals surface area contributed by atoms with Crippen molar-refractivity contribution in [2.24, 2.45) is 0 Å². The Morgan fingerprint density at radius 2 is 2.18 bits per heavy atom. The van der Waals surface area contributed by atoms with E-state index in [4.69, 9.17) is 5.11 Å². The van der Waals surface area contributed by atoms with Gasteiger partial charge in [0.25, 0.3) is 0 Å². The molecule has 0 radical (unpaired) electrons. The van der Waals surface area contributed by atoms with E-state index < -0.39 is 5.97 Å². The Balaban J connectivity index is 1.99. The molecule has 92 valence electrons. The van der Waals surface area contributed by atoms with E-state index in [1.54, 1.807) is 12.4 Å². The maximum Gasteiger partial charge on any atom is 0.304 e. The average Bonchev–Trinajstić information content (AvgIpc) is 2.32. The molecule has 4 nitrogen and oxygen atoms in total. The fraction of sp³-hybridized carbons (Fsp3) is 0.538. The first-order chi connectivity index (χ1) is 8.25. The van der Waals surface area contributed by atoms with Gasteiger partial charge in [0, 0.05) is 25.0 Å². The van der Waals surface area contributed by atoms with Gasteiger partial charge in [-0.25, -0.2) is 0 Å². The van der Waals surface area contributed by atoms with Crippen LogP contribution in [-0.2, 0) is 11.3 Å². The summed E-state index contributed by atoms with van der Waals surface area (Å²) >= 11 is 0. The minimum atomic E-state index is -0.698. The van der Waals surface area contributed by atoms with E-state index >= 15 is 0 Å². The lowest BCUT2D eigenvalue weighted by Gasteiger charge is -2.34. The minimum Gasteiger partial charge on any atom is -0.481 e. The zero-order chi connectivity index (χ0) is 12.1. The molecule has 1 atom stereocenters. The van der Waals surface area contributed by atoms with Crippen LogP contribution < -0.4 is 0 Å². The molecule has 1 fully saturated rings. The number of hydrogen-bond acceptors (Lipinski definition) is 3. The summed E-state index contributed by atoms with van der Waals surface area (Å²) < 4.78 is 0. The molecule has 1 aliphatic rings. The average molecular weight is 234 g/mol. The number of aromatic nitrogens is 1. The lowest BCUT2D eigenvalue weighted by Crippen LogP contribution is -2.40. The molecule has 0 aromatic carbocycles. The molecule has 4 heteroatoms. The number of carboxylic acids is 1. The van der Waals surface area contributed by atoms with Gasteiger partial charge in [-0.15, -0.1) is 0 Å². The van der Waals surface area contributed by atoms with Gasteiger partial charge in [0.05, 0.1) is 6.42 Å². The Morgan fingerprint density at radius 3 is 2.88 bits per heavy atom. The number of nitrogens with zero attached hydrogens (tertiary/aromatic N) is 2. The molecular weight excluding hydrogens is 216 g/mol. The summed E-state index contributed by atoms with van der Waals surface area (Å²) in [6.45, 7) is 1.83. The Morgan fingerprint density at radius 1 is 1.41 bits per heavy atom. The molecule has 1 unspecified atom stereocenters. The summed E-state index contributed by atoms with van der Waals surface area (Å²) in [7, 11) is 0. The zero-order valence-electron chi connectivity index (χ0n) is 9.88. The van der Waals surface area contributed by atoms with E-state index in [2.05, 4.69) is 9.88 Å². The Labute approximate surface area is 101 Å². The molecule has 1 saturated heterocycles. The quantitative estimate of drug-likeness (QED) is 0.864. The summed E-state index contributed by atoms with van der Waals surface area (Å²) in [6, 6.07) is 4.17. The second kappa shape index (κ2) is 5.77. The van der Waals surface area contributed by atoms with E-state index in [1.807, 2.05) is 12.1 Å². The monoisotopic (exact) mass is 234 g/mol. The van der Waals surface area contributed by atoms with E-state index in [0.29, 0.717) is 0 Å². The van der Waals surface area contributed by atoms with E-state index in [9.17, 15) is 4.79 Å². The van der Waals surface area contributed by atoms with Gasteiger partial charge >= 0.3 is 5.97 Å². The number of rotatable bonds is 4. The second-order valence-corrected chi connectivity index (χ2v) is 4.57. The van der Waals surface area contributed by atoms with Crippen LogP contribution in [0.2, 0.25) is 0 Å². The topological polar surface area (TPSA) is 53.4 Å². The number of carboxylic acid groups (broad SMARTS) is 1. The van der Waals surface area contributed by atoms with Crippen LogP contribution in [0.25, 0.3) is 0 Å². The zero-order valence-corrected chi connectivity index (χ0v) is 9.88. The van der Waals surface area contributed by atoms with Gasteiger partial charge in [-0.2, -0.15) is 0 Å². The van der Waals surface area contributed by atoms with E-state index in [0.717, 1.165) is 25.9 Å². The van der Waals surface area contributed by atoms with Crippen LogP contribution in [0, 0.1) is 0 Å². The standard InChI is InChI=1S/C13H18N2O2/c16-13(17)9-12-3-1-2-8-15(12)10-11-4-6-14-7-5-11/h4-7,12H,1-3,8-10H2,(H,16,17). The number of carbonyl (C=O) groups is 1. The lowest BCUT2D eigenvalue weighted by molar-refractivity contribution is -0.138. The van der Waals surface area contributed by atoms with Crippen molar-refractivity contribution >= 4 is 5.97 Å². The first kappa shape index (κ1) is 12.0. The normalized spacial score (nSPS) is 21.3. The van der Waals surface area contributed by atoms with Crippen molar-refractivity contribution in [3.63, 3.8) is 0 Å². The fourth-order valence-corrected chi connectivity index (χ4v) is 2.42. The number of piperidine rings is 1. The summed E-state index contributed by atoms with van der Waals surface area (Å²) in [5.74, 6) is -0.698. The van der Waals surface area contributed by atoms with Gasteiger partial charge in [0.2, 0.25) is 0 Å². The number of aliphatic carboxylic acids is 1. The highest BCUT2D eigenvalue weighted by Gasteiger charge is 2.24. The number of pyridine rings is 1. The molecule has 0 bridgehead atoms. The van der Waals surface area contributed by atoms with Crippen molar-refractivity contribution < 1.29 is 9.90 Å². The summed E-state index contributed by atoms with van der Waals surface area (Å²) in [5, 5.41) is 8.91. The highest BCUT2D eigenvalue weighted by Crippen LogP contribution is 2.21. The molecular formula is C13H18N2O2. The van der Waals surface area contributed by atoms with Gasteiger partial charge in [0.1, 0.15) is 0 Å². The van der Waals surface area contributed by atoms with E-state index in [1.165, 1.54) is 12.0 Å². The predicted octanol–water partition coefficient (Wildman–Crippen LogP) is 1.91. The van der Waals surface area contributed by atoms with Crippen molar-refractivity contribution in [2.45, 2.75) is 38.3 Å². The molecule has 2 rings (SSSR count). The first-order valence-corrected chi connectivity index (χ1v) is 6.10. The molecule has 1 aromatic heterocycles. The molecule has 0 aliphatic carbocycles. The van der Waals surface area contributed by atoms with Gasteiger partial charge in [-0.05, 0) is 37.1 Å². The van der Waals surface area contributed by atoms with Gasteiger partial charge < -0.3 is 5.11 Å². The van der Waals surface area contributed by atoms with E-state index in [-0.39, 0.29) is 12.5 Å². The summed E-state index contributed by atoms with van der Waals surface area (Å²) in [5.41, 5.74) is 1.21. The van der Waals surface area contributed by atoms with Crippen molar-refractivity contribution in [3.05, 3.63) is 30.1 Å². The Kier molecular flexibility index (Phi) is 4.09. The van der Waals surface area contributed by atoms with Crippen LogP contribution in [0.3, 0.4) is 0 Å². The van der Waals surface area contributed by atoms with Gasteiger partial charge in [-0.1, -0.05) is 6.42 Å². The van der Waals surface area contributed by atoms with Crippen molar-refractivity contribution in [2.75, 3.05) is 6.54 Å². The van der Waals surface area contributed by atoms with Crippen LogP contribution in [0.5, 0.6) is 0 Å². The minimum absolute atomic E-state index is 0.189. The Hall–Kier alpha value is -1.42. The third-order valence-corrected chi connectivity index (χ3v) is 3.29. The molecule has 0 spiro atoms. The number of hydrogen-bond donors (Lipinski definition) is 1. The molecule has 0 amide bonds. The van der Waals surface area contributed by atoms with Gasteiger partial charge in [-0.3, -0.25) is 14.7 Å². The maximum atomic E-state index is 10.8. The third-order valence-electron chi connectivity index (χ3n) is 3.29. The maximum absolute atomic E-state index is 10.8. The molecule has 1 aromatic rings. The molecule has 17 heavy (non-hydrogen) atoms. The lowest BCUT2D eigenvalue weighted by atomic mass is 9.99. The van der Waals surface area contributed by atoms with Crippen LogP contribution in [0.1, 0.15) is 31.2 Å². The molecule has 2 heterocycles. The van der Waals surface area contributed by atoms with Crippen molar-refractivity contribution in [1.82, 2.24) is 9.88 Å². The largest absolute Gasteiger partial charge is 0.481 e. The van der Waals surface area contributed by atoms with Crippen molar-refractivity contribution in [1.29, 1.82) is 0 Å². The first-order valence-electron chi connectivity index (χ1n) is 6.10. The molecule has 1 aliphatic heterocycles. The SMILES string of the molecule is O=C(O)CC1CCCCN1Cc1ccncc1. The van der Waals surface area contributed by atoms with Crippen LogP contribution in [-0.4, -0.2) is 33.5 Å². The highest BCUT2D eigenvalue weighted by molar-refractivity contribution is 5.67. The number of likely N-dealkylation sites (tertiary alicyclic amines) is 1. The van der Waals surface area contributed by atoms with Crippen LogP contribution in [0.4, 0.5) is 0 Å². The summed E-state index contributed by atoms with van der Waals surface area (Å²) in [4.78, 5) is 17.1. The predicted molar refractivity (Wildman–Crippen MR) is 64.5 cm³/mol. The highest BCUT2D eigenvalue weighted by atomic mass is 16.4. The third kappa shape index (κ3) is 3.53.